The number of halogens is 2. The van der Waals surface area contributed by atoms with Crippen LogP contribution < -0.4 is 0 Å². The van der Waals surface area contributed by atoms with Gasteiger partial charge >= 0.3 is 0 Å². The molecule has 2 heterocycles. The van der Waals surface area contributed by atoms with Crippen molar-refractivity contribution < 1.29 is 4.39 Å². The fraction of sp³-hybridized carbons (Fsp3) is 0.0667. The molecule has 3 aromatic rings. The summed E-state index contributed by atoms with van der Waals surface area (Å²) in [6.07, 6.45) is 3.28. The molecule has 0 fully saturated rings. The van der Waals surface area contributed by atoms with Gasteiger partial charge in [-0.1, -0.05) is 23.7 Å². The van der Waals surface area contributed by atoms with Crippen LogP contribution in [-0.2, 0) is 0 Å². The number of hydrogen-bond donors (Lipinski definition) is 0. The Kier molecular flexibility index (Phi) is 2.91. The van der Waals surface area contributed by atoms with Crippen LogP contribution in [0.4, 0.5) is 4.39 Å². The van der Waals surface area contributed by atoms with Gasteiger partial charge in [-0.3, -0.25) is 4.98 Å². The maximum Gasteiger partial charge on any atom is 0.132 e. The minimum Gasteiger partial charge on any atom is -0.262 e. The summed E-state index contributed by atoms with van der Waals surface area (Å²) < 4.78 is 14.0. The Labute approximate surface area is 114 Å². The Hall–Kier alpha value is -2.00. The molecule has 0 spiro atoms. The fourth-order valence-corrected chi connectivity index (χ4v) is 2.38. The van der Waals surface area contributed by atoms with E-state index in [0.717, 1.165) is 10.9 Å². The molecule has 0 radical (unpaired) electrons. The summed E-state index contributed by atoms with van der Waals surface area (Å²) in [4.78, 5) is 8.46. The lowest BCUT2D eigenvalue weighted by Gasteiger charge is -2.08. The molecule has 0 atom stereocenters. The first-order valence-electron chi connectivity index (χ1n) is 5.82. The van der Waals surface area contributed by atoms with E-state index in [2.05, 4.69) is 9.97 Å². The van der Waals surface area contributed by atoms with Crippen LogP contribution in [0.25, 0.3) is 22.2 Å². The lowest BCUT2D eigenvalue weighted by Crippen LogP contribution is -1.93. The van der Waals surface area contributed by atoms with Crippen molar-refractivity contribution in [2.24, 2.45) is 0 Å². The highest BCUT2D eigenvalue weighted by molar-refractivity contribution is 6.35. The third-order valence-electron chi connectivity index (χ3n) is 3.04. The maximum atomic E-state index is 14.0. The summed E-state index contributed by atoms with van der Waals surface area (Å²) >= 11 is 6.23. The second kappa shape index (κ2) is 4.59. The van der Waals surface area contributed by atoms with E-state index >= 15 is 0 Å². The molecule has 2 aromatic heterocycles. The van der Waals surface area contributed by atoms with Crippen molar-refractivity contribution in [3.8, 4) is 11.3 Å². The number of hydrogen-bond acceptors (Lipinski definition) is 2. The molecule has 19 heavy (non-hydrogen) atoms. The van der Waals surface area contributed by atoms with Gasteiger partial charge in [0.1, 0.15) is 5.82 Å². The van der Waals surface area contributed by atoms with Gasteiger partial charge in [0.2, 0.25) is 0 Å². The highest BCUT2D eigenvalue weighted by Gasteiger charge is 2.12. The SMILES string of the molecule is Cc1cccc(F)c1-c1cc(Cl)c2ccncc2n1. The van der Waals surface area contributed by atoms with E-state index in [9.17, 15) is 4.39 Å². The minimum absolute atomic E-state index is 0.299. The topological polar surface area (TPSA) is 25.8 Å². The molecule has 4 heteroatoms. The standard InChI is InChI=1S/C15H10ClFN2/c1-9-3-2-4-12(17)15(9)13-7-11(16)10-5-6-18-8-14(10)19-13/h2-8H,1H3. The monoisotopic (exact) mass is 272 g/mol. The van der Waals surface area contributed by atoms with Gasteiger partial charge in [0.05, 0.1) is 22.4 Å². The van der Waals surface area contributed by atoms with Gasteiger partial charge in [0, 0.05) is 17.1 Å². The Balaban J connectivity index is 2.32. The normalized spacial score (nSPS) is 10.9. The number of pyridine rings is 2. The first-order chi connectivity index (χ1) is 9.16. The largest absolute Gasteiger partial charge is 0.262 e. The van der Waals surface area contributed by atoms with Crippen LogP contribution in [0.3, 0.4) is 0 Å². The number of nitrogens with zero attached hydrogens (tertiary/aromatic N) is 2. The Morgan fingerprint density at radius 1 is 1.21 bits per heavy atom. The highest BCUT2D eigenvalue weighted by atomic mass is 35.5. The van der Waals surface area contributed by atoms with Crippen LogP contribution in [0.2, 0.25) is 5.02 Å². The highest BCUT2D eigenvalue weighted by Crippen LogP contribution is 2.30. The van der Waals surface area contributed by atoms with E-state index < -0.39 is 0 Å². The number of fused-ring (bicyclic) bond motifs is 1. The van der Waals surface area contributed by atoms with E-state index in [0.29, 0.717) is 21.8 Å². The van der Waals surface area contributed by atoms with Crippen molar-refractivity contribution in [3.05, 3.63) is 59.1 Å². The fourth-order valence-electron chi connectivity index (χ4n) is 2.12. The molecule has 0 aliphatic rings. The molecule has 0 saturated heterocycles. The molecule has 0 aliphatic heterocycles. The second-order valence-electron chi connectivity index (χ2n) is 4.31. The zero-order valence-electron chi connectivity index (χ0n) is 10.2. The Bertz CT molecular complexity index is 751. The van der Waals surface area contributed by atoms with Crippen molar-refractivity contribution in [2.75, 3.05) is 0 Å². The summed E-state index contributed by atoms with van der Waals surface area (Å²) in [7, 11) is 0. The Morgan fingerprint density at radius 2 is 2.05 bits per heavy atom. The van der Waals surface area contributed by atoms with E-state index in [1.54, 1.807) is 30.6 Å². The average molecular weight is 273 g/mol. The third kappa shape index (κ3) is 2.06. The number of aryl methyl sites for hydroxylation is 1. The van der Waals surface area contributed by atoms with Gasteiger partial charge < -0.3 is 0 Å². The molecule has 3 rings (SSSR count). The van der Waals surface area contributed by atoms with Crippen LogP contribution >= 0.6 is 11.6 Å². The lowest BCUT2D eigenvalue weighted by atomic mass is 10.0. The minimum atomic E-state index is -0.299. The lowest BCUT2D eigenvalue weighted by molar-refractivity contribution is 0.630. The summed E-state index contributed by atoms with van der Waals surface area (Å²) in [5.41, 5.74) is 2.50. The molecule has 1 aromatic carbocycles. The zero-order chi connectivity index (χ0) is 13.4. The predicted molar refractivity (Wildman–Crippen MR) is 74.7 cm³/mol. The molecule has 2 nitrogen and oxygen atoms in total. The maximum absolute atomic E-state index is 14.0. The summed E-state index contributed by atoms with van der Waals surface area (Å²) in [6.45, 7) is 1.85. The second-order valence-corrected chi connectivity index (χ2v) is 4.72. The number of benzene rings is 1. The summed E-state index contributed by atoms with van der Waals surface area (Å²) in [6, 6.07) is 8.43. The molecule has 0 unspecified atom stereocenters. The van der Waals surface area contributed by atoms with E-state index in [-0.39, 0.29) is 5.82 Å². The van der Waals surface area contributed by atoms with Crippen molar-refractivity contribution in [2.45, 2.75) is 6.92 Å². The van der Waals surface area contributed by atoms with Gasteiger partial charge in [-0.05, 0) is 30.7 Å². The van der Waals surface area contributed by atoms with Crippen LogP contribution in [0, 0.1) is 12.7 Å². The van der Waals surface area contributed by atoms with Crippen LogP contribution in [-0.4, -0.2) is 9.97 Å². The predicted octanol–water partition coefficient (Wildman–Crippen LogP) is 4.40. The smallest absolute Gasteiger partial charge is 0.132 e. The summed E-state index contributed by atoms with van der Waals surface area (Å²) in [5.74, 6) is -0.299. The molecular formula is C15H10ClFN2. The van der Waals surface area contributed by atoms with Gasteiger partial charge in [-0.25, -0.2) is 9.37 Å². The van der Waals surface area contributed by atoms with Gasteiger partial charge in [-0.2, -0.15) is 0 Å². The Morgan fingerprint density at radius 3 is 2.84 bits per heavy atom. The molecule has 0 amide bonds. The van der Waals surface area contributed by atoms with Crippen LogP contribution in [0.15, 0.2) is 42.7 Å². The first kappa shape index (κ1) is 12.1. The van der Waals surface area contributed by atoms with Crippen molar-refractivity contribution >= 4 is 22.5 Å². The molecular weight excluding hydrogens is 263 g/mol. The molecule has 94 valence electrons. The quantitative estimate of drug-likeness (QED) is 0.656. The van der Waals surface area contributed by atoms with Gasteiger partial charge in [-0.15, -0.1) is 0 Å². The summed E-state index contributed by atoms with van der Waals surface area (Å²) in [5, 5.41) is 1.36. The molecule has 0 aliphatic carbocycles. The zero-order valence-corrected chi connectivity index (χ0v) is 10.9. The number of rotatable bonds is 1. The average Bonchev–Trinajstić information content (AvgIpc) is 2.38. The van der Waals surface area contributed by atoms with Crippen molar-refractivity contribution in [1.82, 2.24) is 9.97 Å². The number of aromatic nitrogens is 2. The van der Waals surface area contributed by atoms with Gasteiger partial charge in [0.25, 0.3) is 0 Å². The van der Waals surface area contributed by atoms with Crippen molar-refractivity contribution in [1.29, 1.82) is 0 Å². The van der Waals surface area contributed by atoms with Gasteiger partial charge in [0.15, 0.2) is 0 Å². The first-order valence-corrected chi connectivity index (χ1v) is 6.20. The van der Waals surface area contributed by atoms with Crippen molar-refractivity contribution in [3.63, 3.8) is 0 Å². The van der Waals surface area contributed by atoms with Crippen LogP contribution in [0.5, 0.6) is 0 Å². The van der Waals surface area contributed by atoms with E-state index in [1.807, 2.05) is 13.0 Å². The van der Waals surface area contributed by atoms with E-state index in [1.165, 1.54) is 6.07 Å². The molecule has 0 bridgehead atoms. The van der Waals surface area contributed by atoms with Crippen LogP contribution in [0.1, 0.15) is 5.56 Å². The molecule has 0 saturated carbocycles. The molecule has 0 N–H and O–H groups in total. The van der Waals surface area contributed by atoms with E-state index in [4.69, 9.17) is 11.6 Å². The third-order valence-corrected chi connectivity index (χ3v) is 3.35.